The predicted octanol–water partition coefficient (Wildman–Crippen LogP) is 0.183. The van der Waals surface area contributed by atoms with Gasteiger partial charge in [0.25, 0.3) is 0 Å². The summed E-state index contributed by atoms with van der Waals surface area (Å²) in [6.07, 6.45) is -1.96. The maximum Gasteiger partial charge on any atom is 0.109 e. The van der Waals surface area contributed by atoms with Crippen LogP contribution in [-0.2, 0) is 14.2 Å². The van der Waals surface area contributed by atoms with Crippen molar-refractivity contribution in [2.75, 3.05) is 20.8 Å². The molecule has 102 valence electrons. The van der Waals surface area contributed by atoms with Gasteiger partial charge in [-0.15, -0.1) is 0 Å². The number of hydrogen-bond acceptors (Lipinski definition) is 5. The Kier molecular flexibility index (Phi) is 5.82. The maximum atomic E-state index is 10.0. The normalized spacial score (nSPS) is 38.6. The summed E-state index contributed by atoms with van der Waals surface area (Å²) in [6.45, 7) is 4.31. The molecule has 5 atom stereocenters. The largest absolute Gasteiger partial charge is 0.388 e. The van der Waals surface area contributed by atoms with Crippen LogP contribution in [0, 0.1) is 5.92 Å². The zero-order chi connectivity index (χ0) is 13.0. The molecule has 0 aromatic carbocycles. The summed E-state index contributed by atoms with van der Waals surface area (Å²) in [5.41, 5.74) is 0. The van der Waals surface area contributed by atoms with Gasteiger partial charge in [-0.2, -0.15) is 0 Å². The second kappa shape index (κ2) is 6.66. The second-order valence-electron chi connectivity index (χ2n) is 4.86. The van der Waals surface area contributed by atoms with Gasteiger partial charge in [0, 0.05) is 20.1 Å². The van der Waals surface area contributed by atoms with E-state index in [1.165, 1.54) is 7.11 Å². The molecule has 1 fully saturated rings. The van der Waals surface area contributed by atoms with Crippen molar-refractivity contribution in [1.29, 1.82) is 0 Å². The Hall–Kier alpha value is -0.200. The molecule has 0 heterocycles. The summed E-state index contributed by atoms with van der Waals surface area (Å²) in [7, 11) is 3.15. The van der Waals surface area contributed by atoms with Crippen LogP contribution < -0.4 is 0 Å². The second-order valence-corrected chi connectivity index (χ2v) is 4.86. The van der Waals surface area contributed by atoms with Crippen molar-refractivity contribution < 1.29 is 24.4 Å². The van der Waals surface area contributed by atoms with Crippen LogP contribution in [0.1, 0.15) is 20.3 Å². The average Bonchev–Trinajstić information content (AvgIpc) is 2.26. The lowest BCUT2D eigenvalue weighted by molar-refractivity contribution is -0.194. The van der Waals surface area contributed by atoms with E-state index in [1.54, 1.807) is 7.11 Å². The molecule has 17 heavy (non-hydrogen) atoms. The lowest BCUT2D eigenvalue weighted by Crippen LogP contribution is -2.56. The van der Waals surface area contributed by atoms with Crippen molar-refractivity contribution in [2.45, 2.75) is 50.8 Å². The molecule has 0 radical (unpaired) electrons. The maximum absolute atomic E-state index is 10.0. The molecular weight excluding hydrogens is 224 g/mol. The topological polar surface area (TPSA) is 68.2 Å². The van der Waals surface area contributed by atoms with Gasteiger partial charge < -0.3 is 24.4 Å². The van der Waals surface area contributed by atoms with E-state index in [-0.39, 0.29) is 18.1 Å². The standard InChI is InChI=1S/C12H24O5/c1-7(2)17-9-5-8(6-15-3)12(16-4)11(14)10(9)13/h7-14H,5-6H2,1-4H3/t8-,9-,10-,11-,12-/m1/s1. The van der Waals surface area contributed by atoms with Crippen LogP contribution in [0.3, 0.4) is 0 Å². The van der Waals surface area contributed by atoms with E-state index in [9.17, 15) is 10.2 Å². The minimum absolute atomic E-state index is 0.0177. The molecule has 1 saturated carbocycles. The van der Waals surface area contributed by atoms with Crippen molar-refractivity contribution in [2.24, 2.45) is 5.92 Å². The van der Waals surface area contributed by atoms with Crippen molar-refractivity contribution in [3.63, 3.8) is 0 Å². The highest BCUT2D eigenvalue weighted by Crippen LogP contribution is 2.30. The van der Waals surface area contributed by atoms with Gasteiger partial charge >= 0.3 is 0 Å². The summed E-state index contributed by atoms with van der Waals surface area (Å²) in [4.78, 5) is 0. The van der Waals surface area contributed by atoms with Crippen LogP contribution in [0.15, 0.2) is 0 Å². The molecule has 5 heteroatoms. The Morgan fingerprint density at radius 3 is 2.29 bits per heavy atom. The Morgan fingerprint density at radius 1 is 1.18 bits per heavy atom. The van der Waals surface area contributed by atoms with Crippen LogP contribution in [0.2, 0.25) is 0 Å². The number of hydrogen-bond donors (Lipinski definition) is 2. The lowest BCUT2D eigenvalue weighted by atomic mass is 9.81. The van der Waals surface area contributed by atoms with Crippen molar-refractivity contribution in [3.8, 4) is 0 Å². The van der Waals surface area contributed by atoms with Gasteiger partial charge in [0.1, 0.15) is 12.2 Å². The molecular formula is C12H24O5. The van der Waals surface area contributed by atoms with E-state index in [4.69, 9.17) is 14.2 Å². The third kappa shape index (κ3) is 3.63. The van der Waals surface area contributed by atoms with Crippen LogP contribution in [0.4, 0.5) is 0 Å². The van der Waals surface area contributed by atoms with Crippen molar-refractivity contribution >= 4 is 0 Å². The zero-order valence-corrected chi connectivity index (χ0v) is 11.0. The predicted molar refractivity (Wildman–Crippen MR) is 62.8 cm³/mol. The molecule has 0 aromatic heterocycles. The number of methoxy groups -OCH3 is 2. The summed E-state index contributed by atoms with van der Waals surface area (Å²) in [5.74, 6) is 0.0344. The minimum Gasteiger partial charge on any atom is -0.388 e. The third-order valence-electron chi connectivity index (χ3n) is 3.17. The van der Waals surface area contributed by atoms with Crippen LogP contribution in [0.25, 0.3) is 0 Å². The summed E-state index contributed by atoms with van der Waals surface area (Å²) >= 11 is 0. The average molecular weight is 248 g/mol. The highest BCUT2D eigenvalue weighted by atomic mass is 16.5. The lowest BCUT2D eigenvalue weighted by Gasteiger charge is -2.42. The van der Waals surface area contributed by atoms with Crippen LogP contribution in [-0.4, -0.2) is 61.6 Å². The first-order valence-electron chi connectivity index (χ1n) is 6.04. The molecule has 5 nitrogen and oxygen atoms in total. The van der Waals surface area contributed by atoms with Crippen molar-refractivity contribution in [3.05, 3.63) is 0 Å². The summed E-state index contributed by atoms with van der Waals surface area (Å²) in [6, 6.07) is 0. The van der Waals surface area contributed by atoms with Gasteiger partial charge in [0.2, 0.25) is 0 Å². The fourth-order valence-corrected chi connectivity index (χ4v) is 2.46. The molecule has 0 aliphatic heterocycles. The Bertz CT molecular complexity index is 221. The SMILES string of the molecule is COC[C@H]1C[C@@H](OC(C)C)[C@@H](O)[C@@H](O)[C@@H]1OC. The monoisotopic (exact) mass is 248 g/mol. The number of aliphatic hydroxyl groups is 2. The van der Waals surface area contributed by atoms with Crippen LogP contribution >= 0.6 is 0 Å². The van der Waals surface area contributed by atoms with E-state index in [1.807, 2.05) is 13.8 Å². The Balaban J connectivity index is 2.71. The molecule has 0 bridgehead atoms. The first-order valence-corrected chi connectivity index (χ1v) is 6.04. The van der Waals surface area contributed by atoms with Gasteiger partial charge in [-0.3, -0.25) is 0 Å². The molecule has 0 amide bonds. The van der Waals surface area contributed by atoms with E-state index >= 15 is 0 Å². The molecule has 0 saturated heterocycles. The highest BCUT2D eigenvalue weighted by Gasteiger charge is 2.44. The molecule has 1 aliphatic rings. The fourth-order valence-electron chi connectivity index (χ4n) is 2.46. The Morgan fingerprint density at radius 2 is 1.82 bits per heavy atom. The van der Waals surface area contributed by atoms with Crippen LogP contribution in [0.5, 0.6) is 0 Å². The molecule has 1 rings (SSSR count). The summed E-state index contributed by atoms with van der Waals surface area (Å²) < 4.78 is 16.0. The first kappa shape index (κ1) is 14.9. The molecule has 2 N–H and O–H groups in total. The number of ether oxygens (including phenoxy) is 3. The van der Waals surface area contributed by atoms with E-state index in [0.717, 1.165) is 0 Å². The van der Waals surface area contributed by atoms with Gasteiger partial charge in [-0.25, -0.2) is 0 Å². The van der Waals surface area contributed by atoms with Gasteiger partial charge in [-0.1, -0.05) is 0 Å². The quantitative estimate of drug-likeness (QED) is 0.726. The Labute approximate surface area is 103 Å². The smallest absolute Gasteiger partial charge is 0.109 e. The third-order valence-corrected chi connectivity index (χ3v) is 3.17. The van der Waals surface area contributed by atoms with E-state index in [0.29, 0.717) is 13.0 Å². The molecule has 0 unspecified atom stereocenters. The highest BCUT2D eigenvalue weighted by molar-refractivity contribution is 4.94. The zero-order valence-electron chi connectivity index (χ0n) is 11.0. The van der Waals surface area contributed by atoms with Crippen molar-refractivity contribution in [1.82, 2.24) is 0 Å². The number of aliphatic hydroxyl groups excluding tert-OH is 2. The summed E-state index contributed by atoms with van der Waals surface area (Å²) in [5, 5.41) is 20.0. The van der Waals surface area contributed by atoms with Gasteiger partial charge in [0.05, 0.1) is 24.9 Å². The molecule has 0 spiro atoms. The fraction of sp³-hybridized carbons (Fsp3) is 1.00. The van der Waals surface area contributed by atoms with Gasteiger partial charge in [0.15, 0.2) is 0 Å². The first-order chi connectivity index (χ1) is 8.01. The van der Waals surface area contributed by atoms with E-state index in [2.05, 4.69) is 0 Å². The minimum atomic E-state index is -0.933. The van der Waals surface area contributed by atoms with E-state index < -0.39 is 18.3 Å². The molecule has 1 aliphatic carbocycles. The number of rotatable bonds is 5. The van der Waals surface area contributed by atoms with Gasteiger partial charge in [-0.05, 0) is 20.3 Å². The molecule has 0 aromatic rings.